The van der Waals surface area contributed by atoms with Crippen molar-refractivity contribution < 1.29 is 32.7 Å². The number of nitrogens with zero attached hydrogens (tertiary/aromatic N) is 5. The van der Waals surface area contributed by atoms with Crippen molar-refractivity contribution in [2.45, 2.75) is 63.9 Å². The summed E-state index contributed by atoms with van der Waals surface area (Å²) >= 11 is 0. The number of aromatic nitrogens is 2. The molecule has 2 N–H and O–H groups in total. The van der Waals surface area contributed by atoms with Crippen LogP contribution in [0.1, 0.15) is 45.7 Å². The van der Waals surface area contributed by atoms with Crippen molar-refractivity contribution >= 4 is 39.1 Å². The van der Waals surface area contributed by atoms with Gasteiger partial charge >= 0.3 is 18.0 Å². The number of hydrogen-bond donors (Lipinski definition) is 2. The molecule has 2 atom stereocenters. The molecule has 4 aromatic rings. The third-order valence-corrected chi connectivity index (χ3v) is 7.62. The first-order valence-electron chi connectivity index (χ1n) is 14.3. The number of anilines is 1. The van der Waals surface area contributed by atoms with Gasteiger partial charge in [-0.25, -0.2) is 9.78 Å². The Morgan fingerprint density at radius 2 is 1.89 bits per heavy atom. The normalized spacial score (nSPS) is 17.1. The maximum atomic E-state index is 14.7. The number of nitriles is 1. The van der Waals surface area contributed by atoms with E-state index >= 15 is 0 Å². The summed E-state index contributed by atoms with van der Waals surface area (Å²) in [5, 5.41) is 35.4. The second-order valence-corrected chi connectivity index (χ2v) is 11.9. The fraction of sp³-hybridized carbons (Fsp3) is 0.355. The molecule has 1 aliphatic rings. The number of carbonyl (C=O) groups excluding carboxylic acids is 1. The predicted molar refractivity (Wildman–Crippen MR) is 162 cm³/mol. The number of rotatable bonds is 5. The van der Waals surface area contributed by atoms with Crippen molar-refractivity contribution in [3.63, 3.8) is 0 Å². The summed E-state index contributed by atoms with van der Waals surface area (Å²) in [7, 11) is 0. The quantitative estimate of drug-likeness (QED) is 0.190. The molecule has 0 saturated carbocycles. The van der Waals surface area contributed by atoms with Crippen molar-refractivity contribution in [1.29, 1.82) is 5.26 Å². The van der Waals surface area contributed by atoms with Crippen molar-refractivity contribution in [2.75, 3.05) is 11.9 Å². The van der Waals surface area contributed by atoms with Gasteiger partial charge < -0.3 is 20.1 Å². The van der Waals surface area contributed by atoms with Gasteiger partial charge in [0.15, 0.2) is 0 Å². The van der Waals surface area contributed by atoms with Gasteiger partial charge in [0.25, 0.3) is 11.4 Å². The number of benzene rings is 2. The number of amides is 1. The average Bonchev–Trinajstić information content (AvgIpc) is 2.96. The van der Waals surface area contributed by atoms with Crippen LogP contribution in [0.5, 0.6) is 5.88 Å². The van der Waals surface area contributed by atoms with Crippen LogP contribution in [-0.4, -0.2) is 54.8 Å². The zero-order valence-corrected chi connectivity index (χ0v) is 25.0. The Labute approximate surface area is 259 Å². The Balaban J connectivity index is 1.67. The smallest absolute Gasteiger partial charge is 0.431 e. The first-order chi connectivity index (χ1) is 21.6. The molecule has 2 aromatic heterocycles. The number of halogens is 3. The number of hydrogen-bond acceptors (Lipinski definition) is 9. The molecule has 2 aromatic carbocycles. The van der Waals surface area contributed by atoms with E-state index in [4.69, 9.17) is 4.74 Å². The van der Waals surface area contributed by atoms with Gasteiger partial charge in [-0.1, -0.05) is 36.4 Å². The molecule has 1 saturated heterocycles. The predicted octanol–water partition coefficient (Wildman–Crippen LogP) is 6.27. The number of nitro groups is 1. The van der Waals surface area contributed by atoms with E-state index < -0.39 is 74.3 Å². The standard InChI is InChI=1S/C31H29F3N6O6/c1-30(2,3)46-29(43)38-14-12-18(15-19(38)11-13-35)36-24-21-16-23(31(32,33)34)39(22-10-6-8-17-7-4-5-9-20(17)22)28(42)25(21)37-27(41)26(24)40(44)45/h4-10,16,18-19H,11-12,14-15H2,1-3H3,(H2,36,37,41)/t18-,19+/m0/s1. The van der Waals surface area contributed by atoms with Crippen molar-refractivity contribution in [1.82, 2.24) is 14.5 Å². The summed E-state index contributed by atoms with van der Waals surface area (Å²) in [6, 6.07) is 12.2. The van der Waals surface area contributed by atoms with Crippen LogP contribution in [0.25, 0.3) is 27.4 Å². The molecule has 1 amide bonds. The maximum absolute atomic E-state index is 14.7. The minimum absolute atomic E-state index is 0.0589. The zero-order valence-electron chi connectivity index (χ0n) is 25.0. The summed E-state index contributed by atoms with van der Waals surface area (Å²) in [5.74, 6) is -1.17. The lowest BCUT2D eigenvalue weighted by Crippen LogP contribution is -2.50. The highest BCUT2D eigenvalue weighted by Crippen LogP contribution is 2.42. The monoisotopic (exact) mass is 638 g/mol. The molecular formula is C31H29F3N6O6. The van der Waals surface area contributed by atoms with Gasteiger partial charge in [0.2, 0.25) is 0 Å². The third-order valence-electron chi connectivity index (χ3n) is 7.62. The van der Waals surface area contributed by atoms with Gasteiger partial charge in [0, 0.05) is 29.4 Å². The molecule has 3 heterocycles. The number of nitrogens with one attached hydrogen (secondary N) is 1. The molecule has 12 nitrogen and oxygen atoms in total. The summed E-state index contributed by atoms with van der Waals surface area (Å²) in [6.45, 7) is 5.11. The molecule has 5 rings (SSSR count). The van der Waals surface area contributed by atoms with Gasteiger partial charge in [-0.15, -0.1) is 0 Å². The molecule has 0 bridgehead atoms. The Morgan fingerprint density at radius 3 is 2.54 bits per heavy atom. The van der Waals surface area contributed by atoms with E-state index in [9.17, 15) is 43.2 Å². The average molecular weight is 639 g/mol. The van der Waals surface area contributed by atoms with Gasteiger partial charge in [-0.3, -0.25) is 19.5 Å². The lowest BCUT2D eigenvalue weighted by molar-refractivity contribution is -0.385. The molecule has 1 fully saturated rings. The van der Waals surface area contributed by atoms with Crippen LogP contribution in [0.3, 0.4) is 0 Å². The van der Waals surface area contributed by atoms with E-state index in [1.165, 1.54) is 17.0 Å². The highest BCUT2D eigenvalue weighted by atomic mass is 19.4. The number of likely N-dealkylation sites (tertiary alicyclic amines) is 1. The Kier molecular flexibility index (Phi) is 8.24. The molecule has 0 radical (unpaired) electrons. The fourth-order valence-electron chi connectivity index (χ4n) is 5.71. The molecule has 0 spiro atoms. The second-order valence-electron chi connectivity index (χ2n) is 11.9. The van der Waals surface area contributed by atoms with Crippen LogP contribution < -0.4 is 10.9 Å². The van der Waals surface area contributed by atoms with E-state index in [-0.39, 0.29) is 31.5 Å². The van der Waals surface area contributed by atoms with Gasteiger partial charge in [0.1, 0.15) is 22.5 Å². The number of aromatic hydroxyl groups is 1. The summed E-state index contributed by atoms with van der Waals surface area (Å²) < 4.78 is 49.9. The number of pyridine rings is 2. The van der Waals surface area contributed by atoms with Crippen LogP contribution in [-0.2, 0) is 10.9 Å². The highest BCUT2D eigenvalue weighted by molar-refractivity contribution is 5.98. The van der Waals surface area contributed by atoms with Crippen LogP contribution in [0.15, 0.2) is 53.3 Å². The van der Waals surface area contributed by atoms with Gasteiger partial charge in [0.05, 0.1) is 23.1 Å². The largest absolute Gasteiger partial charge is 0.488 e. The molecule has 46 heavy (non-hydrogen) atoms. The second kappa shape index (κ2) is 11.8. The third kappa shape index (κ3) is 6.10. The van der Waals surface area contributed by atoms with E-state index in [0.717, 1.165) is 0 Å². The fourth-order valence-corrected chi connectivity index (χ4v) is 5.71. The Morgan fingerprint density at radius 1 is 1.20 bits per heavy atom. The van der Waals surface area contributed by atoms with Crippen LogP contribution in [0, 0.1) is 21.4 Å². The number of alkyl halides is 3. The van der Waals surface area contributed by atoms with Crippen LogP contribution >= 0.6 is 0 Å². The summed E-state index contributed by atoms with van der Waals surface area (Å²) in [5.41, 5.74) is -5.76. The van der Waals surface area contributed by atoms with E-state index in [1.54, 1.807) is 51.1 Å². The first-order valence-corrected chi connectivity index (χ1v) is 14.3. The van der Waals surface area contributed by atoms with Crippen molar-refractivity contribution in [3.8, 4) is 17.6 Å². The first kappa shape index (κ1) is 32.0. The number of piperidine rings is 1. The molecule has 15 heteroatoms. The Bertz CT molecular complexity index is 1960. The zero-order chi connectivity index (χ0) is 33.6. The number of fused-ring (bicyclic) bond motifs is 2. The summed E-state index contributed by atoms with van der Waals surface area (Å²) in [6.07, 6.45) is -5.65. The number of carbonyl (C=O) groups is 1. The van der Waals surface area contributed by atoms with E-state index in [0.29, 0.717) is 21.4 Å². The SMILES string of the molecule is CC(C)(C)OC(=O)N1CC[C@H](Nc2c([N+](=O)[O-])c(O)nc3c(=O)n(-c4cccc5ccccc45)c(C(F)(F)F)cc23)C[C@H]1CC#N. The van der Waals surface area contributed by atoms with E-state index in [1.807, 2.05) is 6.07 Å². The highest BCUT2D eigenvalue weighted by Gasteiger charge is 2.39. The van der Waals surface area contributed by atoms with E-state index in [2.05, 4.69) is 10.3 Å². The van der Waals surface area contributed by atoms with Crippen molar-refractivity contribution in [2.24, 2.45) is 0 Å². The summed E-state index contributed by atoms with van der Waals surface area (Å²) in [4.78, 5) is 42.9. The molecular weight excluding hydrogens is 609 g/mol. The molecule has 1 aliphatic heterocycles. The van der Waals surface area contributed by atoms with Gasteiger partial charge in [-0.2, -0.15) is 18.4 Å². The van der Waals surface area contributed by atoms with Gasteiger partial charge in [-0.05, 0) is 51.1 Å². The van der Waals surface area contributed by atoms with Crippen LogP contribution in [0.4, 0.5) is 29.3 Å². The molecule has 240 valence electrons. The maximum Gasteiger partial charge on any atom is 0.431 e. The topological polar surface area (TPSA) is 164 Å². The molecule has 0 unspecified atom stereocenters. The lowest BCUT2D eigenvalue weighted by Gasteiger charge is -2.39. The van der Waals surface area contributed by atoms with Crippen molar-refractivity contribution in [3.05, 3.63) is 74.7 Å². The Hall–Kier alpha value is -5.39. The number of ether oxygens (including phenoxy) is 1. The minimum Gasteiger partial charge on any atom is -0.488 e. The molecule has 0 aliphatic carbocycles. The lowest BCUT2D eigenvalue weighted by atomic mass is 9.95. The van der Waals surface area contributed by atoms with Crippen LogP contribution in [0.2, 0.25) is 0 Å². The minimum atomic E-state index is -5.09.